The second-order valence-electron chi connectivity index (χ2n) is 12.9. The summed E-state index contributed by atoms with van der Waals surface area (Å²) in [5.74, 6) is 0. The number of aromatic nitrogens is 1. The van der Waals surface area contributed by atoms with E-state index in [1.54, 1.807) is 0 Å². The van der Waals surface area contributed by atoms with Crippen LogP contribution >= 0.6 is 0 Å². The SMILES string of the molecule is c1ccc(-c2c3c(cc4c2c2cccc(-c5ccccc5)c2n4-c2ccc(N(c4ccccc4)c4ccccc4)cc2)oc2ccccc23)cc1. The highest BCUT2D eigenvalue weighted by Crippen LogP contribution is 2.48. The highest BCUT2D eigenvalue weighted by atomic mass is 16.3. The smallest absolute Gasteiger partial charge is 0.138 e. The van der Waals surface area contributed by atoms with Gasteiger partial charge in [0.15, 0.2) is 0 Å². The molecule has 3 heteroatoms. The molecule has 0 saturated heterocycles. The number of benzene rings is 8. The lowest BCUT2D eigenvalue weighted by atomic mass is 9.93. The van der Waals surface area contributed by atoms with Gasteiger partial charge in [0.05, 0.1) is 11.0 Å². The van der Waals surface area contributed by atoms with Gasteiger partial charge in [-0.3, -0.25) is 0 Å². The maximum atomic E-state index is 6.65. The molecule has 3 nitrogen and oxygen atoms in total. The fourth-order valence-corrected chi connectivity index (χ4v) is 7.79. The van der Waals surface area contributed by atoms with Gasteiger partial charge in [-0.2, -0.15) is 0 Å². The number of para-hydroxylation sites is 4. The van der Waals surface area contributed by atoms with Crippen molar-refractivity contribution in [1.82, 2.24) is 4.57 Å². The number of anilines is 3. The molecule has 2 aromatic heterocycles. The van der Waals surface area contributed by atoms with Crippen molar-refractivity contribution in [2.24, 2.45) is 0 Å². The average molecular weight is 653 g/mol. The van der Waals surface area contributed by atoms with Gasteiger partial charge in [-0.1, -0.05) is 133 Å². The molecule has 0 spiro atoms. The van der Waals surface area contributed by atoms with E-state index in [1.807, 2.05) is 6.07 Å². The molecule has 240 valence electrons. The summed E-state index contributed by atoms with van der Waals surface area (Å²) in [6.07, 6.45) is 0. The summed E-state index contributed by atoms with van der Waals surface area (Å²) in [7, 11) is 0. The lowest BCUT2D eigenvalue weighted by molar-refractivity contribution is 0.669. The number of hydrogen-bond donors (Lipinski definition) is 0. The lowest BCUT2D eigenvalue weighted by Crippen LogP contribution is -2.09. The van der Waals surface area contributed by atoms with E-state index in [0.717, 1.165) is 50.2 Å². The van der Waals surface area contributed by atoms with Crippen LogP contribution in [0.5, 0.6) is 0 Å². The molecule has 8 aromatic carbocycles. The maximum absolute atomic E-state index is 6.65. The van der Waals surface area contributed by atoms with E-state index in [0.29, 0.717) is 0 Å². The molecular weight excluding hydrogens is 621 g/mol. The predicted molar refractivity (Wildman–Crippen MR) is 214 cm³/mol. The first kappa shape index (κ1) is 29.1. The van der Waals surface area contributed by atoms with E-state index in [4.69, 9.17) is 4.42 Å². The molecule has 0 aliphatic heterocycles. The largest absolute Gasteiger partial charge is 0.456 e. The second-order valence-corrected chi connectivity index (χ2v) is 12.9. The minimum atomic E-state index is 0.879. The van der Waals surface area contributed by atoms with Crippen LogP contribution in [0.3, 0.4) is 0 Å². The van der Waals surface area contributed by atoms with Crippen LogP contribution in [0.1, 0.15) is 0 Å². The Labute approximate surface area is 295 Å². The quantitative estimate of drug-likeness (QED) is 0.178. The molecular formula is C48H32N2O. The Morgan fingerprint density at radius 2 is 0.961 bits per heavy atom. The maximum Gasteiger partial charge on any atom is 0.138 e. The van der Waals surface area contributed by atoms with E-state index >= 15 is 0 Å². The van der Waals surface area contributed by atoms with Crippen molar-refractivity contribution in [3.05, 3.63) is 194 Å². The van der Waals surface area contributed by atoms with Crippen molar-refractivity contribution >= 4 is 60.8 Å². The summed E-state index contributed by atoms with van der Waals surface area (Å²) in [5, 5.41) is 4.69. The zero-order chi connectivity index (χ0) is 33.7. The predicted octanol–water partition coefficient (Wildman–Crippen LogP) is 13.5. The third-order valence-corrected chi connectivity index (χ3v) is 9.96. The van der Waals surface area contributed by atoms with Crippen LogP contribution in [-0.2, 0) is 0 Å². The third-order valence-electron chi connectivity index (χ3n) is 9.96. The first-order valence-corrected chi connectivity index (χ1v) is 17.4. The Kier molecular flexibility index (Phi) is 6.81. The van der Waals surface area contributed by atoms with Crippen LogP contribution in [0.15, 0.2) is 199 Å². The first-order chi connectivity index (χ1) is 25.3. The minimum absolute atomic E-state index is 0.879. The molecule has 0 saturated carbocycles. The van der Waals surface area contributed by atoms with E-state index < -0.39 is 0 Å². The normalized spacial score (nSPS) is 11.5. The van der Waals surface area contributed by atoms with Crippen LogP contribution < -0.4 is 4.90 Å². The Morgan fingerprint density at radius 1 is 0.412 bits per heavy atom. The topological polar surface area (TPSA) is 21.3 Å². The number of nitrogens with zero attached hydrogens (tertiary/aromatic N) is 2. The number of fused-ring (bicyclic) bond motifs is 6. The van der Waals surface area contributed by atoms with Crippen molar-refractivity contribution in [2.75, 3.05) is 4.90 Å². The first-order valence-electron chi connectivity index (χ1n) is 17.4. The molecule has 0 aliphatic carbocycles. The zero-order valence-corrected chi connectivity index (χ0v) is 27.8. The number of hydrogen-bond acceptors (Lipinski definition) is 2. The highest BCUT2D eigenvalue weighted by molar-refractivity contribution is 6.28. The van der Waals surface area contributed by atoms with Crippen molar-refractivity contribution in [3.63, 3.8) is 0 Å². The minimum Gasteiger partial charge on any atom is -0.456 e. The highest BCUT2D eigenvalue weighted by Gasteiger charge is 2.24. The molecule has 0 aliphatic rings. The van der Waals surface area contributed by atoms with Crippen molar-refractivity contribution in [2.45, 2.75) is 0 Å². The zero-order valence-electron chi connectivity index (χ0n) is 27.8. The van der Waals surface area contributed by atoms with E-state index in [-0.39, 0.29) is 0 Å². The van der Waals surface area contributed by atoms with Crippen molar-refractivity contribution < 1.29 is 4.42 Å². The van der Waals surface area contributed by atoms with Crippen LogP contribution in [-0.4, -0.2) is 4.57 Å². The van der Waals surface area contributed by atoms with Gasteiger partial charge in [-0.05, 0) is 65.7 Å². The van der Waals surface area contributed by atoms with Gasteiger partial charge < -0.3 is 13.9 Å². The standard InChI is InChI=1S/C48H32N2O/c1-5-16-33(17-6-1)39-25-15-26-41-46-42(32-44-47(40-24-13-14-27-43(40)51-44)45(46)34-18-7-2-8-19-34)50(48(39)41)38-30-28-37(29-31-38)49(35-20-9-3-10-21-35)36-22-11-4-12-23-36/h1-32H. The van der Waals surface area contributed by atoms with Gasteiger partial charge in [0.2, 0.25) is 0 Å². The number of furan rings is 1. The fraction of sp³-hybridized carbons (Fsp3) is 0. The molecule has 0 unspecified atom stereocenters. The second kappa shape index (κ2) is 11.9. The van der Waals surface area contributed by atoms with Gasteiger partial charge in [-0.15, -0.1) is 0 Å². The summed E-state index contributed by atoms with van der Waals surface area (Å²) in [5.41, 5.74) is 13.2. The molecule has 0 amide bonds. The summed E-state index contributed by atoms with van der Waals surface area (Å²) in [4.78, 5) is 2.30. The monoisotopic (exact) mass is 652 g/mol. The van der Waals surface area contributed by atoms with Gasteiger partial charge in [-0.25, -0.2) is 0 Å². The van der Waals surface area contributed by atoms with Crippen molar-refractivity contribution in [3.8, 4) is 27.9 Å². The summed E-state index contributed by atoms with van der Waals surface area (Å²) < 4.78 is 9.09. The number of rotatable bonds is 6. The lowest BCUT2D eigenvalue weighted by Gasteiger charge is -2.25. The van der Waals surface area contributed by atoms with E-state index in [2.05, 4.69) is 198 Å². The Bertz CT molecular complexity index is 2780. The molecule has 2 heterocycles. The average Bonchev–Trinajstić information content (AvgIpc) is 3.74. The Balaban J connectivity index is 1.30. The summed E-state index contributed by atoms with van der Waals surface area (Å²) in [6, 6.07) is 68.9. The summed E-state index contributed by atoms with van der Waals surface area (Å²) in [6.45, 7) is 0. The molecule has 51 heavy (non-hydrogen) atoms. The van der Waals surface area contributed by atoms with Gasteiger partial charge in [0, 0.05) is 61.5 Å². The molecule has 0 N–H and O–H groups in total. The molecule has 10 rings (SSSR count). The van der Waals surface area contributed by atoms with Gasteiger partial charge in [0.1, 0.15) is 11.2 Å². The van der Waals surface area contributed by atoms with Gasteiger partial charge in [0.25, 0.3) is 0 Å². The molecule has 0 bridgehead atoms. The molecule has 0 atom stereocenters. The fourth-order valence-electron chi connectivity index (χ4n) is 7.79. The van der Waals surface area contributed by atoms with Crippen LogP contribution in [0.4, 0.5) is 17.1 Å². The van der Waals surface area contributed by atoms with Crippen LogP contribution in [0.25, 0.3) is 71.7 Å². The molecule has 10 aromatic rings. The van der Waals surface area contributed by atoms with Crippen molar-refractivity contribution in [1.29, 1.82) is 0 Å². The van der Waals surface area contributed by atoms with Gasteiger partial charge >= 0.3 is 0 Å². The van der Waals surface area contributed by atoms with E-state index in [9.17, 15) is 0 Å². The van der Waals surface area contributed by atoms with E-state index in [1.165, 1.54) is 38.5 Å². The molecule has 0 radical (unpaired) electrons. The Morgan fingerprint density at radius 3 is 1.63 bits per heavy atom. The van der Waals surface area contributed by atoms with Crippen LogP contribution in [0, 0.1) is 0 Å². The Hall–Kier alpha value is -6.84. The van der Waals surface area contributed by atoms with Crippen LogP contribution in [0.2, 0.25) is 0 Å². The third kappa shape index (κ3) is 4.74. The molecule has 0 fully saturated rings. The summed E-state index contributed by atoms with van der Waals surface area (Å²) >= 11 is 0.